The van der Waals surface area contributed by atoms with Gasteiger partial charge in [-0.1, -0.05) is 333 Å². The minimum Gasteiger partial charge on any atom is -0.462 e. The van der Waals surface area contributed by atoms with Crippen molar-refractivity contribution >= 4 is 17.9 Å². The van der Waals surface area contributed by atoms with Gasteiger partial charge in [-0.3, -0.25) is 14.4 Å². The molecular weight excluding hydrogens is 1010 g/mol. The summed E-state index contributed by atoms with van der Waals surface area (Å²) in [6, 6.07) is 0. The van der Waals surface area contributed by atoms with Crippen LogP contribution in [0.3, 0.4) is 0 Å². The Balaban J connectivity index is 4.06. The number of carbonyl (C=O) groups excluding carboxylic acids is 3. The van der Waals surface area contributed by atoms with E-state index < -0.39 is 6.10 Å². The van der Waals surface area contributed by atoms with E-state index in [1.807, 2.05) is 0 Å². The molecule has 6 heteroatoms. The number of esters is 3. The summed E-state index contributed by atoms with van der Waals surface area (Å²) < 4.78 is 17.0. The third-order valence-electron chi connectivity index (χ3n) is 16.8. The Kier molecular flexibility index (Phi) is 69.1. The van der Waals surface area contributed by atoms with Crippen LogP contribution in [0.25, 0.3) is 0 Å². The van der Waals surface area contributed by atoms with Crippen LogP contribution < -0.4 is 0 Å². The number of ether oxygens (including phenoxy) is 3. The van der Waals surface area contributed by atoms with Gasteiger partial charge in [0.15, 0.2) is 6.10 Å². The number of allylic oxidation sites excluding steroid dienone is 6. The third kappa shape index (κ3) is 68.4. The number of carbonyl (C=O) groups is 3. The molecule has 0 amide bonds. The van der Waals surface area contributed by atoms with Crippen molar-refractivity contribution in [2.24, 2.45) is 0 Å². The van der Waals surface area contributed by atoms with Crippen molar-refractivity contribution < 1.29 is 28.6 Å². The predicted molar refractivity (Wildman–Crippen MR) is 358 cm³/mol. The molecule has 0 saturated heterocycles. The fourth-order valence-electron chi connectivity index (χ4n) is 11.3. The van der Waals surface area contributed by atoms with Crippen molar-refractivity contribution in [3.63, 3.8) is 0 Å². The fraction of sp³-hybridized carbons (Fsp3) is 0.882. The minimum atomic E-state index is -0.778. The Labute approximate surface area is 512 Å². The van der Waals surface area contributed by atoms with Gasteiger partial charge in [0.2, 0.25) is 0 Å². The van der Waals surface area contributed by atoms with E-state index >= 15 is 0 Å². The maximum absolute atomic E-state index is 12.9. The van der Waals surface area contributed by atoms with Crippen molar-refractivity contribution in [2.45, 2.75) is 419 Å². The molecule has 1 atom stereocenters. The molecule has 0 aromatic carbocycles. The van der Waals surface area contributed by atoms with E-state index in [-0.39, 0.29) is 31.1 Å². The Bertz CT molecular complexity index is 1370. The van der Waals surface area contributed by atoms with E-state index in [1.165, 1.54) is 302 Å². The van der Waals surface area contributed by atoms with Crippen LogP contribution >= 0.6 is 0 Å². The summed E-state index contributed by atoms with van der Waals surface area (Å²) in [4.78, 5) is 38.4. The van der Waals surface area contributed by atoms with Gasteiger partial charge in [0, 0.05) is 19.3 Å². The molecule has 0 aliphatic heterocycles. The van der Waals surface area contributed by atoms with E-state index in [0.717, 1.165) is 70.6 Å². The summed E-state index contributed by atoms with van der Waals surface area (Å²) in [6.45, 7) is 6.68. The van der Waals surface area contributed by atoms with Crippen LogP contribution in [-0.4, -0.2) is 37.2 Å². The van der Waals surface area contributed by atoms with Crippen LogP contribution in [0.1, 0.15) is 412 Å². The molecule has 0 rings (SSSR count). The molecule has 6 nitrogen and oxygen atoms in total. The van der Waals surface area contributed by atoms with E-state index in [9.17, 15) is 14.4 Å². The zero-order valence-electron chi connectivity index (χ0n) is 55.5. The lowest BCUT2D eigenvalue weighted by Gasteiger charge is -2.18. The molecule has 0 N–H and O–H groups in total. The largest absolute Gasteiger partial charge is 0.462 e. The average Bonchev–Trinajstić information content (AvgIpc) is 3.47. The standard InChI is InChI=1S/C76H142O6/c1-4-7-10-13-16-19-22-25-28-29-30-31-32-33-34-35-36-37-38-39-40-41-42-43-44-45-46-47-49-51-54-57-60-63-66-69-75(78)81-72-73(71-80-74(77)68-65-62-59-56-53-50-27-24-21-18-15-12-9-6-3)82-76(79)70-67-64-61-58-55-52-48-26-23-20-17-14-11-8-5-2/h24,26-27,29-30,48,73H,4-23,25,28,31-47,49-72H2,1-3H3/b27-24-,30-29-,48-26-. The van der Waals surface area contributed by atoms with E-state index in [4.69, 9.17) is 14.2 Å². The summed E-state index contributed by atoms with van der Waals surface area (Å²) in [6.07, 6.45) is 89.2. The highest BCUT2D eigenvalue weighted by atomic mass is 16.6. The van der Waals surface area contributed by atoms with Crippen LogP contribution in [0.2, 0.25) is 0 Å². The fourth-order valence-corrected chi connectivity index (χ4v) is 11.3. The molecule has 0 heterocycles. The van der Waals surface area contributed by atoms with Crippen LogP contribution in [0.15, 0.2) is 36.5 Å². The topological polar surface area (TPSA) is 78.9 Å². The van der Waals surface area contributed by atoms with Crippen molar-refractivity contribution in [1.82, 2.24) is 0 Å². The summed E-state index contributed by atoms with van der Waals surface area (Å²) in [7, 11) is 0. The molecule has 0 aliphatic carbocycles. The normalized spacial score (nSPS) is 12.2. The van der Waals surface area contributed by atoms with E-state index in [0.29, 0.717) is 19.3 Å². The average molecular weight is 1150 g/mol. The maximum atomic E-state index is 12.9. The van der Waals surface area contributed by atoms with Gasteiger partial charge in [0.1, 0.15) is 13.2 Å². The lowest BCUT2D eigenvalue weighted by molar-refractivity contribution is -0.167. The highest BCUT2D eigenvalue weighted by Crippen LogP contribution is 2.19. The van der Waals surface area contributed by atoms with Crippen LogP contribution in [0.5, 0.6) is 0 Å². The highest BCUT2D eigenvalue weighted by molar-refractivity contribution is 5.71. The number of rotatable bonds is 69. The Morgan fingerprint density at radius 3 is 0.610 bits per heavy atom. The molecule has 1 unspecified atom stereocenters. The first-order chi connectivity index (χ1) is 40.5. The van der Waals surface area contributed by atoms with Gasteiger partial charge in [-0.15, -0.1) is 0 Å². The molecule has 0 aromatic rings. The lowest BCUT2D eigenvalue weighted by atomic mass is 10.0. The van der Waals surface area contributed by atoms with Crippen LogP contribution in [0.4, 0.5) is 0 Å². The molecule has 0 bridgehead atoms. The van der Waals surface area contributed by atoms with Gasteiger partial charge in [0.05, 0.1) is 0 Å². The predicted octanol–water partition coefficient (Wildman–Crippen LogP) is 25.5. The molecule has 82 heavy (non-hydrogen) atoms. The molecular formula is C76H142O6. The molecule has 482 valence electrons. The number of unbranched alkanes of at least 4 members (excludes halogenated alkanes) is 52. The zero-order valence-corrected chi connectivity index (χ0v) is 55.5. The van der Waals surface area contributed by atoms with Crippen molar-refractivity contribution in [3.8, 4) is 0 Å². The summed E-state index contributed by atoms with van der Waals surface area (Å²) in [5.41, 5.74) is 0. The van der Waals surface area contributed by atoms with Crippen molar-refractivity contribution in [3.05, 3.63) is 36.5 Å². The zero-order chi connectivity index (χ0) is 59.2. The molecule has 0 fully saturated rings. The lowest BCUT2D eigenvalue weighted by Crippen LogP contribution is -2.30. The minimum absolute atomic E-state index is 0.0734. The Morgan fingerprint density at radius 1 is 0.232 bits per heavy atom. The van der Waals surface area contributed by atoms with Crippen LogP contribution in [0, 0.1) is 0 Å². The quantitative estimate of drug-likeness (QED) is 0.0261. The third-order valence-corrected chi connectivity index (χ3v) is 16.8. The summed E-state index contributed by atoms with van der Waals surface area (Å²) in [5.74, 6) is -0.864. The van der Waals surface area contributed by atoms with Crippen molar-refractivity contribution in [1.29, 1.82) is 0 Å². The smallest absolute Gasteiger partial charge is 0.306 e. The Hall–Kier alpha value is -2.37. The summed E-state index contributed by atoms with van der Waals surface area (Å²) >= 11 is 0. The second-order valence-corrected chi connectivity index (χ2v) is 25.2. The SMILES string of the molecule is CCCCCCC/C=C\CCCCCCCC(=O)OCC(COC(=O)CCCCCCCCCCCCCCCCCCCCCCCCC/C=C\CCCCCCCCCC)OC(=O)CCCCCCC/C=C\CCCCCCCC. The van der Waals surface area contributed by atoms with Gasteiger partial charge in [0.25, 0.3) is 0 Å². The summed E-state index contributed by atoms with van der Waals surface area (Å²) in [5, 5.41) is 0. The molecule has 0 spiro atoms. The molecule has 0 aromatic heterocycles. The van der Waals surface area contributed by atoms with Gasteiger partial charge in [-0.2, -0.15) is 0 Å². The van der Waals surface area contributed by atoms with Gasteiger partial charge in [-0.25, -0.2) is 0 Å². The van der Waals surface area contributed by atoms with Crippen molar-refractivity contribution in [2.75, 3.05) is 13.2 Å². The molecule has 0 radical (unpaired) electrons. The maximum Gasteiger partial charge on any atom is 0.306 e. The van der Waals surface area contributed by atoms with Crippen LogP contribution in [-0.2, 0) is 28.6 Å². The molecule has 0 saturated carbocycles. The van der Waals surface area contributed by atoms with Gasteiger partial charge < -0.3 is 14.2 Å². The second-order valence-electron chi connectivity index (χ2n) is 25.2. The monoisotopic (exact) mass is 1150 g/mol. The second kappa shape index (κ2) is 71.1. The first-order valence-corrected chi connectivity index (χ1v) is 37.0. The van der Waals surface area contributed by atoms with E-state index in [2.05, 4.69) is 57.2 Å². The van der Waals surface area contributed by atoms with E-state index in [1.54, 1.807) is 0 Å². The number of hydrogen-bond acceptors (Lipinski definition) is 6. The molecule has 0 aliphatic rings. The van der Waals surface area contributed by atoms with Gasteiger partial charge >= 0.3 is 17.9 Å². The Morgan fingerprint density at radius 2 is 0.402 bits per heavy atom. The first-order valence-electron chi connectivity index (χ1n) is 37.0. The van der Waals surface area contributed by atoms with Gasteiger partial charge in [-0.05, 0) is 96.3 Å². The highest BCUT2D eigenvalue weighted by Gasteiger charge is 2.19. The first kappa shape index (κ1) is 79.6. The number of hydrogen-bond donors (Lipinski definition) is 0.